The summed E-state index contributed by atoms with van der Waals surface area (Å²) in [6, 6.07) is 30.7. The molecule has 1 saturated heterocycles. The van der Waals surface area contributed by atoms with Crippen LogP contribution in [0.3, 0.4) is 0 Å². The first-order valence-corrected chi connectivity index (χ1v) is 15.7. The van der Waals surface area contributed by atoms with Crippen molar-refractivity contribution in [1.82, 2.24) is 30.5 Å². The number of fused-ring (bicyclic) bond motifs is 1. The lowest BCUT2D eigenvalue weighted by molar-refractivity contribution is -0.118. The minimum atomic E-state index is -0.875. The maximum atomic E-state index is 13.9. The predicted octanol–water partition coefficient (Wildman–Crippen LogP) is 5.23. The first-order chi connectivity index (χ1) is 22.9. The number of nitrogens with one attached hydrogen (secondary N) is 4. The molecule has 0 spiro atoms. The Hall–Kier alpha value is -5.71. The minimum absolute atomic E-state index is 0.116. The summed E-state index contributed by atoms with van der Waals surface area (Å²) >= 11 is 0. The number of carbonyl (C=O) groups excluding carboxylic acids is 3. The fourth-order valence-electron chi connectivity index (χ4n) is 5.81. The van der Waals surface area contributed by atoms with Gasteiger partial charge in [0, 0.05) is 58.1 Å². The van der Waals surface area contributed by atoms with E-state index in [-0.39, 0.29) is 11.8 Å². The third kappa shape index (κ3) is 7.41. The zero-order chi connectivity index (χ0) is 32.6. The molecule has 5 aromatic rings. The Morgan fingerprint density at radius 1 is 0.851 bits per heavy atom. The molecule has 3 amide bonds. The molecule has 4 N–H and O–H groups in total. The second-order valence-corrected chi connectivity index (χ2v) is 11.5. The van der Waals surface area contributed by atoms with Gasteiger partial charge in [0.1, 0.15) is 22.8 Å². The molecule has 2 aromatic heterocycles. The third-order valence-corrected chi connectivity index (χ3v) is 8.27. The first-order valence-electron chi connectivity index (χ1n) is 15.7. The predicted molar refractivity (Wildman–Crippen MR) is 180 cm³/mol. The standard InChI is InChI=1S/C36H37N7O4/c1-25(44)37-19-20-38-32-29-23-30(40-33(29)42-31(41-32)27-13-7-3-8-14-27)34(45)43-21-17-36(18-22-43,28-15-9-4-10-16-28)47-35(46)39-24-26-11-5-2-6-12-26/h2-16,23H,17-22,24H2,1H3,(H,37,44)(H,39,46)(H2,38,40,41,42). The molecule has 1 aliphatic heterocycles. The number of H-pyrrole nitrogens is 1. The van der Waals surface area contributed by atoms with E-state index in [0.29, 0.717) is 73.9 Å². The van der Waals surface area contributed by atoms with Gasteiger partial charge in [-0.05, 0) is 17.2 Å². The molecule has 0 bridgehead atoms. The van der Waals surface area contributed by atoms with E-state index in [1.54, 1.807) is 11.0 Å². The van der Waals surface area contributed by atoms with E-state index in [2.05, 4.69) is 20.9 Å². The number of aromatic nitrogens is 3. The molecule has 240 valence electrons. The maximum Gasteiger partial charge on any atom is 0.408 e. The van der Waals surface area contributed by atoms with Crippen LogP contribution in [-0.2, 0) is 21.7 Å². The number of nitrogens with zero attached hydrogens (tertiary/aromatic N) is 3. The Morgan fingerprint density at radius 2 is 1.51 bits per heavy atom. The summed E-state index contributed by atoms with van der Waals surface area (Å²) in [5.74, 6) is 0.777. The van der Waals surface area contributed by atoms with Gasteiger partial charge < -0.3 is 30.6 Å². The molecule has 11 heteroatoms. The number of hydrogen-bond donors (Lipinski definition) is 4. The zero-order valence-electron chi connectivity index (χ0n) is 26.2. The quantitative estimate of drug-likeness (QED) is 0.155. The van der Waals surface area contributed by atoms with Gasteiger partial charge in [-0.25, -0.2) is 14.8 Å². The molecule has 0 radical (unpaired) electrons. The van der Waals surface area contributed by atoms with Gasteiger partial charge in [-0.2, -0.15) is 0 Å². The molecule has 0 aliphatic carbocycles. The Kier molecular flexibility index (Phi) is 9.42. The highest BCUT2D eigenvalue weighted by molar-refractivity contribution is 6.00. The average molecular weight is 632 g/mol. The Bertz CT molecular complexity index is 1840. The van der Waals surface area contributed by atoms with Crippen molar-refractivity contribution in [3.63, 3.8) is 0 Å². The number of piperidine rings is 1. The molecule has 0 atom stereocenters. The molecule has 3 aromatic carbocycles. The van der Waals surface area contributed by atoms with Crippen molar-refractivity contribution in [3.05, 3.63) is 114 Å². The SMILES string of the molecule is CC(=O)NCCNc1nc(-c2ccccc2)nc2[nH]c(C(=O)N3CCC(OC(=O)NCc4ccccc4)(c4ccccc4)CC3)cc12. The van der Waals surface area contributed by atoms with Crippen LogP contribution in [0.1, 0.15) is 41.4 Å². The van der Waals surface area contributed by atoms with Gasteiger partial charge in [0.05, 0.1) is 5.39 Å². The highest BCUT2D eigenvalue weighted by Crippen LogP contribution is 2.37. The molecule has 1 aliphatic rings. The fraction of sp³-hybridized carbons (Fsp3) is 0.250. The van der Waals surface area contributed by atoms with Gasteiger partial charge in [0.25, 0.3) is 5.91 Å². The second kappa shape index (κ2) is 14.2. The maximum absolute atomic E-state index is 13.9. The number of rotatable bonds is 10. The van der Waals surface area contributed by atoms with Crippen LogP contribution in [-0.4, -0.2) is 63.9 Å². The molecule has 6 rings (SSSR count). The number of alkyl carbamates (subject to hydrolysis) is 1. The van der Waals surface area contributed by atoms with E-state index in [9.17, 15) is 14.4 Å². The van der Waals surface area contributed by atoms with Gasteiger partial charge in [0.2, 0.25) is 5.91 Å². The highest BCUT2D eigenvalue weighted by atomic mass is 16.6. The van der Waals surface area contributed by atoms with Crippen LogP contribution in [0.2, 0.25) is 0 Å². The molecule has 47 heavy (non-hydrogen) atoms. The molecule has 0 saturated carbocycles. The van der Waals surface area contributed by atoms with Crippen LogP contribution >= 0.6 is 0 Å². The van der Waals surface area contributed by atoms with E-state index >= 15 is 0 Å². The molecule has 3 heterocycles. The fourth-order valence-corrected chi connectivity index (χ4v) is 5.81. The Morgan fingerprint density at radius 3 is 2.19 bits per heavy atom. The summed E-state index contributed by atoms with van der Waals surface area (Å²) in [4.78, 5) is 52.7. The highest BCUT2D eigenvalue weighted by Gasteiger charge is 2.41. The summed E-state index contributed by atoms with van der Waals surface area (Å²) in [6.45, 7) is 3.46. The van der Waals surface area contributed by atoms with Crippen molar-refractivity contribution in [2.75, 3.05) is 31.5 Å². The normalized spacial score (nSPS) is 13.9. The van der Waals surface area contributed by atoms with Crippen LogP contribution < -0.4 is 16.0 Å². The summed E-state index contributed by atoms with van der Waals surface area (Å²) in [5, 5.41) is 9.61. The van der Waals surface area contributed by atoms with Crippen LogP contribution in [0.4, 0.5) is 10.6 Å². The van der Waals surface area contributed by atoms with Crippen molar-refractivity contribution in [2.45, 2.75) is 31.9 Å². The van der Waals surface area contributed by atoms with E-state index in [0.717, 1.165) is 16.7 Å². The number of amides is 3. The first kappa shape index (κ1) is 31.3. The van der Waals surface area contributed by atoms with Gasteiger partial charge in [-0.1, -0.05) is 91.0 Å². The monoisotopic (exact) mass is 631 g/mol. The van der Waals surface area contributed by atoms with Crippen molar-refractivity contribution in [2.24, 2.45) is 0 Å². The van der Waals surface area contributed by atoms with Gasteiger partial charge >= 0.3 is 6.09 Å². The summed E-state index contributed by atoms with van der Waals surface area (Å²) in [5.41, 5.74) is 2.74. The van der Waals surface area contributed by atoms with Crippen LogP contribution in [0.25, 0.3) is 22.4 Å². The average Bonchev–Trinajstić information content (AvgIpc) is 3.55. The summed E-state index contributed by atoms with van der Waals surface area (Å²) in [6.07, 6.45) is 0.380. The van der Waals surface area contributed by atoms with E-state index < -0.39 is 11.7 Å². The number of benzene rings is 3. The van der Waals surface area contributed by atoms with Crippen LogP contribution in [0.15, 0.2) is 97.1 Å². The zero-order valence-corrected chi connectivity index (χ0v) is 26.2. The number of ether oxygens (including phenoxy) is 1. The summed E-state index contributed by atoms with van der Waals surface area (Å²) < 4.78 is 6.15. The van der Waals surface area contributed by atoms with Crippen LogP contribution in [0, 0.1) is 0 Å². The van der Waals surface area contributed by atoms with Gasteiger partial charge in [-0.15, -0.1) is 0 Å². The number of anilines is 1. The lowest BCUT2D eigenvalue weighted by atomic mass is 9.84. The van der Waals surface area contributed by atoms with Crippen molar-refractivity contribution < 1.29 is 19.1 Å². The van der Waals surface area contributed by atoms with Crippen molar-refractivity contribution in [1.29, 1.82) is 0 Å². The molecule has 1 fully saturated rings. The smallest absolute Gasteiger partial charge is 0.408 e. The van der Waals surface area contributed by atoms with Crippen molar-refractivity contribution >= 4 is 34.8 Å². The molecular formula is C36H37N7O4. The number of carbonyl (C=O) groups is 3. The van der Waals surface area contributed by atoms with Crippen molar-refractivity contribution in [3.8, 4) is 11.4 Å². The van der Waals surface area contributed by atoms with Crippen LogP contribution in [0.5, 0.6) is 0 Å². The lowest BCUT2D eigenvalue weighted by Gasteiger charge is -2.41. The second-order valence-electron chi connectivity index (χ2n) is 11.5. The number of hydrogen-bond acceptors (Lipinski definition) is 7. The van der Waals surface area contributed by atoms with Gasteiger partial charge in [-0.3, -0.25) is 9.59 Å². The van der Waals surface area contributed by atoms with Gasteiger partial charge in [0.15, 0.2) is 5.82 Å². The molecule has 11 nitrogen and oxygen atoms in total. The summed E-state index contributed by atoms with van der Waals surface area (Å²) in [7, 11) is 0. The van der Waals surface area contributed by atoms with E-state index in [1.807, 2.05) is 91.0 Å². The lowest BCUT2D eigenvalue weighted by Crippen LogP contribution is -2.48. The number of likely N-dealkylation sites (tertiary alicyclic amines) is 1. The third-order valence-electron chi connectivity index (χ3n) is 8.27. The molecule has 0 unspecified atom stereocenters. The van der Waals surface area contributed by atoms with E-state index in [1.165, 1.54) is 6.92 Å². The topological polar surface area (TPSA) is 141 Å². The number of aromatic amines is 1. The molecular weight excluding hydrogens is 594 g/mol. The Balaban J connectivity index is 1.20. The van der Waals surface area contributed by atoms with E-state index in [4.69, 9.17) is 14.7 Å². The largest absolute Gasteiger partial charge is 0.438 e. The minimum Gasteiger partial charge on any atom is -0.438 e. The Labute approximate surface area is 272 Å².